The van der Waals surface area contributed by atoms with E-state index in [9.17, 15) is 8.78 Å². The third-order valence-corrected chi connectivity index (χ3v) is 16.4. The smallest absolute Gasteiger partial charge is 0.131 e. The van der Waals surface area contributed by atoms with Crippen molar-refractivity contribution < 1.29 is 22.3 Å². The zero-order valence-electron chi connectivity index (χ0n) is 37.4. The summed E-state index contributed by atoms with van der Waals surface area (Å²) in [4.78, 5) is 0. The number of rotatable bonds is 22. The molecule has 0 aliphatic heterocycles. The fourth-order valence-corrected chi connectivity index (χ4v) is 12.7. The Labute approximate surface area is 358 Å². The monoisotopic (exact) mass is 823 g/mol. The van der Waals surface area contributed by atoms with Gasteiger partial charge in [-0.1, -0.05) is 142 Å². The SMILES string of the molecule is CCCCCCCC[C@H]1CC[C@H]([C@H]2CC[C@H](C(OC(c3ccc(F)cc3F)[C@H]3CC[C@H]([C@H]4CC[C@H](CCCCCCCC)CC4)CC3)c3ccc(F)cc3F)CC2)CC1. The van der Waals surface area contributed by atoms with E-state index < -0.39 is 35.5 Å². The largest absolute Gasteiger partial charge is 0.365 e. The Bertz CT molecular complexity index is 1350. The van der Waals surface area contributed by atoms with Gasteiger partial charge in [-0.05, 0) is 137 Å². The van der Waals surface area contributed by atoms with E-state index in [4.69, 9.17) is 4.74 Å². The van der Waals surface area contributed by atoms with Crippen LogP contribution in [0.1, 0.15) is 230 Å². The molecule has 0 bridgehead atoms. The van der Waals surface area contributed by atoms with Crippen LogP contribution in [-0.4, -0.2) is 0 Å². The molecule has 0 N–H and O–H groups in total. The minimum absolute atomic E-state index is 0.0594. The molecule has 4 aliphatic rings. The summed E-state index contributed by atoms with van der Waals surface area (Å²) in [6.45, 7) is 4.56. The molecular weight excluding hydrogens is 741 g/mol. The molecule has 6 rings (SSSR count). The third kappa shape index (κ3) is 14.1. The highest BCUT2D eigenvalue weighted by atomic mass is 19.1. The Morgan fingerprint density at radius 2 is 0.746 bits per heavy atom. The quantitative estimate of drug-likeness (QED) is 0.0849. The lowest BCUT2D eigenvalue weighted by molar-refractivity contribution is -0.0959. The lowest BCUT2D eigenvalue weighted by Crippen LogP contribution is -2.32. The van der Waals surface area contributed by atoms with E-state index in [1.54, 1.807) is 12.1 Å². The molecule has 1 nitrogen and oxygen atoms in total. The molecule has 4 aliphatic carbocycles. The molecule has 2 unspecified atom stereocenters. The average molecular weight is 823 g/mol. The zero-order chi connectivity index (χ0) is 41.4. The van der Waals surface area contributed by atoms with Gasteiger partial charge in [0.05, 0.1) is 12.2 Å². The van der Waals surface area contributed by atoms with Gasteiger partial charge < -0.3 is 4.74 Å². The molecule has 0 aromatic heterocycles. The van der Waals surface area contributed by atoms with Crippen molar-refractivity contribution >= 4 is 0 Å². The van der Waals surface area contributed by atoms with Crippen LogP contribution in [0.15, 0.2) is 36.4 Å². The minimum Gasteiger partial charge on any atom is -0.365 e. The van der Waals surface area contributed by atoms with Gasteiger partial charge in [-0.2, -0.15) is 0 Å². The highest BCUT2D eigenvalue weighted by Gasteiger charge is 2.40. The van der Waals surface area contributed by atoms with Gasteiger partial charge in [-0.15, -0.1) is 0 Å². The molecule has 0 amide bonds. The minimum atomic E-state index is -0.612. The molecule has 0 spiro atoms. The van der Waals surface area contributed by atoms with Crippen LogP contribution in [0.2, 0.25) is 0 Å². The van der Waals surface area contributed by atoms with Crippen molar-refractivity contribution in [2.45, 2.75) is 219 Å². The standard InChI is InChI=1S/C54H82F4O/c1-3-5-7-9-11-13-15-39-17-21-41(22-18-39)43-25-29-45(30-26-43)53(49-35-33-47(55)37-51(49)57)59-54(50-36-34-48(56)38-52(50)58)46-31-27-44(28-32-46)42-23-19-40(20-24-42)16-14-12-10-8-6-4-2/h33-46,53-54H,3-32H2,1-2H3/t39-,40-,41-,42-,43-,44-,45-,46-,53?,54?. The lowest BCUT2D eigenvalue weighted by Gasteiger charge is -2.43. The maximum absolute atomic E-state index is 15.8. The van der Waals surface area contributed by atoms with Gasteiger partial charge >= 0.3 is 0 Å². The number of hydrogen-bond acceptors (Lipinski definition) is 1. The lowest BCUT2D eigenvalue weighted by atomic mass is 9.67. The van der Waals surface area contributed by atoms with Crippen molar-refractivity contribution in [3.63, 3.8) is 0 Å². The maximum Gasteiger partial charge on any atom is 0.131 e. The number of halogens is 4. The van der Waals surface area contributed by atoms with Gasteiger partial charge in [0.25, 0.3) is 0 Å². The number of benzene rings is 2. The summed E-state index contributed by atoms with van der Waals surface area (Å²) in [5.41, 5.74) is 0.757. The van der Waals surface area contributed by atoms with Gasteiger partial charge in [-0.25, -0.2) is 17.6 Å². The molecule has 0 saturated heterocycles. The van der Waals surface area contributed by atoms with Crippen molar-refractivity contribution in [3.05, 3.63) is 70.8 Å². The number of unbranched alkanes of at least 4 members (excludes halogenated alkanes) is 10. The summed E-state index contributed by atoms with van der Waals surface area (Å²) in [7, 11) is 0. The predicted molar refractivity (Wildman–Crippen MR) is 237 cm³/mol. The second-order valence-electron chi connectivity index (χ2n) is 20.3. The predicted octanol–water partition coefficient (Wildman–Crippen LogP) is 17.8. The van der Waals surface area contributed by atoms with Crippen molar-refractivity contribution in [1.29, 1.82) is 0 Å². The Morgan fingerprint density at radius 3 is 1.08 bits per heavy atom. The average Bonchev–Trinajstić information content (AvgIpc) is 3.25. The van der Waals surface area contributed by atoms with Gasteiger partial charge in [0.15, 0.2) is 0 Å². The molecule has 4 saturated carbocycles. The number of hydrogen-bond donors (Lipinski definition) is 0. The first-order valence-corrected chi connectivity index (χ1v) is 25.4. The molecule has 332 valence electrons. The van der Waals surface area contributed by atoms with Crippen LogP contribution in [0.3, 0.4) is 0 Å². The first kappa shape index (κ1) is 46.6. The number of ether oxygens (including phenoxy) is 1. The zero-order valence-corrected chi connectivity index (χ0v) is 37.4. The van der Waals surface area contributed by atoms with Crippen LogP contribution < -0.4 is 0 Å². The van der Waals surface area contributed by atoms with Crippen LogP contribution >= 0.6 is 0 Å². The Morgan fingerprint density at radius 1 is 0.424 bits per heavy atom. The molecule has 2 aromatic carbocycles. The summed E-state index contributed by atoms with van der Waals surface area (Å²) in [5, 5.41) is 0. The summed E-state index contributed by atoms with van der Waals surface area (Å²) in [5.74, 6) is 2.43. The van der Waals surface area contributed by atoms with Crippen LogP contribution in [0.25, 0.3) is 0 Å². The van der Waals surface area contributed by atoms with E-state index in [1.165, 1.54) is 153 Å². The van der Waals surface area contributed by atoms with Crippen LogP contribution in [-0.2, 0) is 4.74 Å². The van der Waals surface area contributed by atoms with Gasteiger partial charge in [0.2, 0.25) is 0 Å². The molecule has 0 radical (unpaired) electrons. The van der Waals surface area contributed by atoms with E-state index in [2.05, 4.69) is 13.8 Å². The molecule has 59 heavy (non-hydrogen) atoms. The van der Waals surface area contributed by atoms with Crippen molar-refractivity contribution in [2.24, 2.45) is 47.3 Å². The summed E-state index contributed by atoms with van der Waals surface area (Å²) < 4.78 is 67.5. The summed E-state index contributed by atoms with van der Waals surface area (Å²) >= 11 is 0. The molecule has 5 heteroatoms. The van der Waals surface area contributed by atoms with E-state index in [0.29, 0.717) is 23.0 Å². The second kappa shape index (κ2) is 24.7. The highest BCUT2D eigenvalue weighted by molar-refractivity contribution is 5.25. The maximum atomic E-state index is 15.8. The fraction of sp³-hybridized carbons (Fsp3) is 0.778. The molecule has 4 fully saturated rings. The van der Waals surface area contributed by atoms with E-state index in [1.807, 2.05) is 0 Å². The van der Waals surface area contributed by atoms with Crippen molar-refractivity contribution in [2.75, 3.05) is 0 Å². The normalized spacial score (nSPS) is 29.0. The molecule has 0 heterocycles. The summed E-state index contributed by atoms with van der Waals surface area (Å²) in [6, 6.07) is 7.74. The first-order valence-electron chi connectivity index (χ1n) is 25.4. The third-order valence-electron chi connectivity index (χ3n) is 16.4. The van der Waals surface area contributed by atoms with E-state index in [-0.39, 0.29) is 11.8 Å². The van der Waals surface area contributed by atoms with Crippen molar-refractivity contribution in [3.8, 4) is 0 Å². The fourth-order valence-electron chi connectivity index (χ4n) is 12.7. The second-order valence-corrected chi connectivity index (χ2v) is 20.3. The Kier molecular flexibility index (Phi) is 19.5. The highest BCUT2D eigenvalue weighted by Crippen LogP contribution is 2.51. The van der Waals surface area contributed by atoms with E-state index in [0.717, 1.165) is 87.2 Å². The van der Waals surface area contributed by atoms with Crippen LogP contribution in [0.5, 0.6) is 0 Å². The first-order chi connectivity index (χ1) is 28.8. The van der Waals surface area contributed by atoms with Crippen molar-refractivity contribution in [1.82, 2.24) is 0 Å². The van der Waals surface area contributed by atoms with Crippen LogP contribution in [0, 0.1) is 70.6 Å². The topological polar surface area (TPSA) is 9.23 Å². The molecular formula is C54H82F4O. The van der Waals surface area contributed by atoms with Gasteiger partial charge in [0.1, 0.15) is 23.3 Å². The summed E-state index contributed by atoms with van der Waals surface area (Å²) in [6.07, 6.45) is 36.9. The Balaban J connectivity index is 1.06. The van der Waals surface area contributed by atoms with Crippen LogP contribution in [0.4, 0.5) is 17.6 Å². The van der Waals surface area contributed by atoms with Gasteiger partial charge in [-0.3, -0.25) is 0 Å². The van der Waals surface area contributed by atoms with E-state index >= 15 is 8.78 Å². The van der Waals surface area contributed by atoms with Gasteiger partial charge in [0, 0.05) is 23.3 Å². The Hall–Kier alpha value is -1.88. The molecule has 2 atom stereocenters. The molecule has 2 aromatic rings.